The summed E-state index contributed by atoms with van der Waals surface area (Å²) in [5, 5.41) is 7.13. The summed E-state index contributed by atoms with van der Waals surface area (Å²) in [6.45, 7) is 0.504. The topological polar surface area (TPSA) is 56.1 Å². The molecule has 1 N–H and O–H groups in total. The average molecular weight is 386 g/mol. The van der Waals surface area contributed by atoms with E-state index in [1.807, 2.05) is 48.5 Å². The standard InChI is InChI=1S/C18H16BrN3O2/c1-24-12-13-4-2-6-16(8-13)21-18(23)14-10-20-22(11-14)17-7-3-5-15(19)9-17/h2-11H,12H2,1H3,(H,21,23). The van der Waals surface area contributed by atoms with Gasteiger partial charge in [0, 0.05) is 23.5 Å². The largest absolute Gasteiger partial charge is 0.380 e. The molecule has 3 aromatic rings. The molecule has 0 bridgehead atoms. The summed E-state index contributed by atoms with van der Waals surface area (Å²) in [7, 11) is 1.64. The molecule has 122 valence electrons. The van der Waals surface area contributed by atoms with E-state index >= 15 is 0 Å². The summed E-state index contributed by atoms with van der Waals surface area (Å²) in [4.78, 5) is 12.4. The van der Waals surface area contributed by atoms with Gasteiger partial charge in [0.05, 0.1) is 24.1 Å². The van der Waals surface area contributed by atoms with Crippen molar-refractivity contribution in [3.05, 3.63) is 76.5 Å². The first-order chi connectivity index (χ1) is 11.7. The Morgan fingerprint density at radius 2 is 2.08 bits per heavy atom. The average Bonchev–Trinajstić information content (AvgIpc) is 3.06. The Kier molecular flexibility index (Phi) is 5.08. The lowest BCUT2D eigenvalue weighted by Crippen LogP contribution is -2.11. The zero-order valence-corrected chi connectivity index (χ0v) is 14.7. The molecule has 1 aromatic heterocycles. The maximum absolute atomic E-state index is 12.4. The predicted molar refractivity (Wildman–Crippen MR) is 96.4 cm³/mol. The van der Waals surface area contributed by atoms with E-state index in [0.29, 0.717) is 12.2 Å². The number of amides is 1. The first-order valence-electron chi connectivity index (χ1n) is 7.35. The van der Waals surface area contributed by atoms with E-state index in [4.69, 9.17) is 4.74 Å². The first kappa shape index (κ1) is 16.4. The molecule has 0 fully saturated rings. The van der Waals surface area contributed by atoms with E-state index in [1.54, 1.807) is 24.2 Å². The van der Waals surface area contributed by atoms with Crippen LogP contribution in [-0.2, 0) is 11.3 Å². The highest BCUT2D eigenvalue weighted by Crippen LogP contribution is 2.16. The maximum Gasteiger partial charge on any atom is 0.258 e. The maximum atomic E-state index is 12.4. The Morgan fingerprint density at radius 1 is 1.25 bits per heavy atom. The Balaban J connectivity index is 1.75. The number of halogens is 1. The molecule has 6 heteroatoms. The number of benzene rings is 2. The van der Waals surface area contributed by atoms with Gasteiger partial charge in [0.15, 0.2) is 0 Å². The molecule has 1 amide bonds. The summed E-state index contributed by atoms with van der Waals surface area (Å²) < 4.78 is 7.73. The lowest BCUT2D eigenvalue weighted by molar-refractivity contribution is 0.102. The predicted octanol–water partition coefficient (Wildman–Crippen LogP) is 4.03. The molecule has 0 spiro atoms. The molecule has 0 aliphatic rings. The van der Waals surface area contributed by atoms with Crippen molar-refractivity contribution < 1.29 is 9.53 Å². The third kappa shape index (κ3) is 3.90. The smallest absolute Gasteiger partial charge is 0.258 e. The second-order valence-corrected chi connectivity index (χ2v) is 6.16. The van der Waals surface area contributed by atoms with Crippen molar-refractivity contribution in [1.29, 1.82) is 0 Å². The van der Waals surface area contributed by atoms with E-state index in [0.717, 1.165) is 21.4 Å². The molecule has 5 nitrogen and oxygen atoms in total. The van der Waals surface area contributed by atoms with Crippen LogP contribution in [0.3, 0.4) is 0 Å². The number of aromatic nitrogens is 2. The van der Waals surface area contributed by atoms with Gasteiger partial charge in [-0.1, -0.05) is 34.1 Å². The summed E-state index contributed by atoms with van der Waals surface area (Å²) in [6.07, 6.45) is 3.26. The van der Waals surface area contributed by atoms with Gasteiger partial charge in [0.25, 0.3) is 5.91 Å². The van der Waals surface area contributed by atoms with Crippen LogP contribution >= 0.6 is 15.9 Å². The summed E-state index contributed by atoms with van der Waals surface area (Å²) >= 11 is 3.43. The summed E-state index contributed by atoms with van der Waals surface area (Å²) in [5.41, 5.74) is 3.10. The van der Waals surface area contributed by atoms with Gasteiger partial charge in [-0.2, -0.15) is 5.10 Å². The molecule has 3 rings (SSSR count). The van der Waals surface area contributed by atoms with Gasteiger partial charge in [-0.25, -0.2) is 4.68 Å². The number of methoxy groups -OCH3 is 1. The van der Waals surface area contributed by atoms with Crippen molar-refractivity contribution in [2.75, 3.05) is 12.4 Å². The van der Waals surface area contributed by atoms with Gasteiger partial charge in [-0.3, -0.25) is 4.79 Å². The molecule has 0 aliphatic carbocycles. The minimum absolute atomic E-state index is 0.203. The fourth-order valence-electron chi connectivity index (χ4n) is 2.31. The molecule has 24 heavy (non-hydrogen) atoms. The van der Waals surface area contributed by atoms with Crippen molar-refractivity contribution in [2.24, 2.45) is 0 Å². The Hall–Kier alpha value is -2.44. The highest BCUT2D eigenvalue weighted by Gasteiger charge is 2.10. The Bertz CT molecular complexity index is 861. The van der Waals surface area contributed by atoms with Crippen LogP contribution in [0.15, 0.2) is 65.4 Å². The zero-order valence-electron chi connectivity index (χ0n) is 13.1. The molecule has 0 unspecified atom stereocenters. The summed E-state index contributed by atoms with van der Waals surface area (Å²) in [6, 6.07) is 15.3. The highest BCUT2D eigenvalue weighted by molar-refractivity contribution is 9.10. The molecule has 0 aliphatic heterocycles. The monoisotopic (exact) mass is 385 g/mol. The minimum atomic E-state index is -0.203. The van der Waals surface area contributed by atoms with Crippen LogP contribution in [-0.4, -0.2) is 22.8 Å². The third-order valence-corrected chi connectivity index (χ3v) is 3.91. The first-order valence-corrected chi connectivity index (χ1v) is 8.15. The van der Waals surface area contributed by atoms with Gasteiger partial charge >= 0.3 is 0 Å². The fraction of sp³-hybridized carbons (Fsp3) is 0.111. The van der Waals surface area contributed by atoms with Gasteiger partial charge < -0.3 is 10.1 Å². The van der Waals surface area contributed by atoms with Gasteiger partial charge in [-0.05, 0) is 35.9 Å². The molecular weight excluding hydrogens is 370 g/mol. The normalized spacial score (nSPS) is 10.6. The van der Waals surface area contributed by atoms with Crippen LogP contribution in [0.1, 0.15) is 15.9 Å². The molecular formula is C18H16BrN3O2. The molecule has 1 heterocycles. The Labute approximate surface area is 148 Å². The SMILES string of the molecule is COCc1cccc(NC(=O)c2cnn(-c3cccc(Br)c3)c2)c1. The van der Waals surface area contributed by atoms with Crippen LogP contribution < -0.4 is 5.32 Å². The number of anilines is 1. The number of rotatable bonds is 5. The number of ether oxygens (including phenoxy) is 1. The van der Waals surface area contributed by atoms with E-state index < -0.39 is 0 Å². The lowest BCUT2D eigenvalue weighted by Gasteiger charge is -2.06. The second-order valence-electron chi connectivity index (χ2n) is 5.24. The van der Waals surface area contributed by atoms with Crippen molar-refractivity contribution >= 4 is 27.5 Å². The number of nitrogens with one attached hydrogen (secondary N) is 1. The van der Waals surface area contributed by atoms with Crippen LogP contribution in [0.4, 0.5) is 5.69 Å². The number of carbonyl (C=O) groups excluding carboxylic acids is 1. The zero-order chi connectivity index (χ0) is 16.9. The van der Waals surface area contributed by atoms with Crippen LogP contribution in [0, 0.1) is 0 Å². The molecule has 0 saturated heterocycles. The number of hydrogen-bond acceptors (Lipinski definition) is 3. The van der Waals surface area contributed by atoms with Crippen molar-refractivity contribution in [2.45, 2.75) is 6.61 Å². The van der Waals surface area contributed by atoms with Crippen molar-refractivity contribution in [3.8, 4) is 5.69 Å². The molecule has 2 aromatic carbocycles. The highest BCUT2D eigenvalue weighted by atomic mass is 79.9. The van der Waals surface area contributed by atoms with Gasteiger partial charge in [0.2, 0.25) is 0 Å². The molecule has 0 saturated carbocycles. The van der Waals surface area contributed by atoms with Crippen LogP contribution in [0.5, 0.6) is 0 Å². The van der Waals surface area contributed by atoms with Crippen molar-refractivity contribution in [3.63, 3.8) is 0 Å². The van der Waals surface area contributed by atoms with E-state index in [2.05, 4.69) is 26.3 Å². The quantitative estimate of drug-likeness (QED) is 0.720. The molecule has 0 atom stereocenters. The van der Waals surface area contributed by atoms with Crippen molar-refractivity contribution in [1.82, 2.24) is 9.78 Å². The minimum Gasteiger partial charge on any atom is -0.380 e. The second kappa shape index (κ2) is 7.42. The number of nitrogens with zero attached hydrogens (tertiary/aromatic N) is 2. The van der Waals surface area contributed by atoms with E-state index in [1.165, 1.54) is 0 Å². The fourth-order valence-corrected chi connectivity index (χ4v) is 2.70. The van der Waals surface area contributed by atoms with E-state index in [-0.39, 0.29) is 5.91 Å². The third-order valence-electron chi connectivity index (χ3n) is 3.41. The van der Waals surface area contributed by atoms with Gasteiger partial charge in [0.1, 0.15) is 0 Å². The molecule has 0 radical (unpaired) electrons. The number of carbonyl (C=O) groups is 1. The Morgan fingerprint density at radius 3 is 2.88 bits per heavy atom. The summed E-state index contributed by atoms with van der Waals surface area (Å²) in [5.74, 6) is -0.203. The number of hydrogen-bond donors (Lipinski definition) is 1. The lowest BCUT2D eigenvalue weighted by atomic mass is 10.2. The van der Waals surface area contributed by atoms with Crippen LogP contribution in [0.25, 0.3) is 5.69 Å². The van der Waals surface area contributed by atoms with Crippen LogP contribution in [0.2, 0.25) is 0 Å². The van der Waals surface area contributed by atoms with Gasteiger partial charge in [-0.15, -0.1) is 0 Å². The van der Waals surface area contributed by atoms with E-state index in [9.17, 15) is 4.79 Å².